The van der Waals surface area contributed by atoms with Crippen molar-refractivity contribution in [2.45, 2.75) is 52.6 Å². The van der Waals surface area contributed by atoms with Gasteiger partial charge in [-0.25, -0.2) is 0 Å². The molecule has 4 heteroatoms. The normalized spacial score (nSPS) is 12.1. The molecule has 0 aliphatic heterocycles. The molecule has 0 unspecified atom stereocenters. The smallest absolute Gasteiger partial charge is 0.0638 e. The van der Waals surface area contributed by atoms with Crippen LogP contribution >= 0.6 is 0 Å². The van der Waals surface area contributed by atoms with Crippen LogP contribution in [0.25, 0.3) is 0 Å². The molecule has 0 fully saturated rings. The van der Waals surface area contributed by atoms with Crippen LogP contribution in [0.1, 0.15) is 43.6 Å². The largest absolute Gasteiger partial charge is 0.394 e. The molecule has 0 radical (unpaired) electrons. The highest BCUT2D eigenvalue weighted by Crippen LogP contribution is 2.17. The molecule has 1 aromatic heterocycles. The lowest BCUT2D eigenvalue weighted by atomic mass is 9.93. The first-order valence-corrected chi connectivity index (χ1v) is 5.95. The van der Waals surface area contributed by atoms with Crippen molar-refractivity contribution in [2.75, 3.05) is 6.61 Å². The lowest BCUT2D eigenvalue weighted by molar-refractivity contribution is 0.149. The molecule has 0 saturated heterocycles. The number of aromatic amines is 1. The van der Waals surface area contributed by atoms with E-state index < -0.39 is 0 Å². The van der Waals surface area contributed by atoms with Crippen LogP contribution < -0.4 is 5.32 Å². The Hall–Kier alpha value is -0.870. The molecule has 4 nitrogen and oxygen atoms in total. The number of aryl methyl sites for hydroxylation is 2. The van der Waals surface area contributed by atoms with Gasteiger partial charge in [0.2, 0.25) is 0 Å². The van der Waals surface area contributed by atoms with Crippen LogP contribution in [0, 0.1) is 13.8 Å². The monoisotopic (exact) mass is 225 g/mol. The summed E-state index contributed by atoms with van der Waals surface area (Å²) >= 11 is 0. The van der Waals surface area contributed by atoms with Gasteiger partial charge < -0.3 is 10.4 Å². The van der Waals surface area contributed by atoms with Crippen molar-refractivity contribution >= 4 is 0 Å². The Morgan fingerprint density at radius 1 is 1.31 bits per heavy atom. The third-order valence-corrected chi connectivity index (χ3v) is 3.58. The molecule has 0 bridgehead atoms. The highest BCUT2D eigenvalue weighted by atomic mass is 16.3. The van der Waals surface area contributed by atoms with Gasteiger partial charge in [0.15, 0.2) is 0 Å². The summed E-state index contributed by atoms with van der Waals surface area (Å²) in [4.78, 5) is 0. The first-order valence-electron chi connectivity index (χ1n) is 5.95. The Labute approximate surface area is 97.5 Å². The lowest BCUT2D eigenvalue weighted by Gasteiger charge is -2.31. The highest BCUT2D eigenvalue weighted by molar-refractivity contribution is 5.23. The van der Waals surface area contributed by atoms with Crippen LogP contribution in [0.2, 0.25) is 0 Å². The number of H-pyrrole nitrogens is 1. The van der Waals surface area contributed by atoms with Gasteiger partial charge in [-0.15, -0.1) is 0 Å². The number of aliphatic hydroxyl groups is 1. The summed E-state index contributed by atoms with van der Waals surface area (Å²) < 4.78 is 0. The van der Waals surface area contributed by atoms with E-state index in [9.17, 15) is 5.11 Å². The molecule has 0 atom stereocenters. The number of aliphatic hydroxyl groups excluding tert-OH is 1. The van der Waals surface area contributed by atoms with E-state index in [2.05, 4.69) is 29.4 Å². The van der Waals surface area contributed by atoms with Gasteiger partial charge in [0.25, 0.3) is 0 Å². The second-order valence-electron chi connectivity index (χ2n) is 4.41. The van der Waals surface area contributed by atoms with E-state index in [1.165, 1.54) is 5.56 Å². The molecular weight excluding hydrogens is 202 g/mol. The number of nitrogens with one attached hydrogen (secondary N) is 2. The summed E-state index contributed by atoms with van der Waals surface area (Å²) in [7, 11) is 0. The molecule has 0 aliphatic rings. The summed E-state index contributed by atoms with van der Waals surface area (Å²) in [5.74, 6) is 0. The van der Waals surface area contributed by atoms with Gasteiger partial charge in [0.1, 0.15) is 0 Å². The van der Waals surface area contributed by atoms with Gasteiger partial charge in [0.05, 0.1) is 12.3 Å². The van der Waals surface area contributed by atoms with Gasteiger partial charge in [-0.05, 0) is 26.7 Å². The third-order valence-electron chi connectivity index (χ3n) is 3.58. The van der Waals surface area contributed by atoms with Gasteiger partial charge in [-0.2, -0.15) is 5.10 Å². The van der Waals surface area contributed by atoms with E-state index in [1.54, 1.807) is 0 Å². The lowest BCUT2D eigenvalue weighted by Crippen LogP contribution is -2.47. The fourth-order valence-corrected chi connectivity index (χ4v) is 1.89. The minimum absolute atomic E-state index is 0.157. The van der Waals surface area contributed by atoms with Crippen LogP contribution in [0.3, 0.4) is 0 Å². The topological polar surface area (TPSA) is 60.9 Å². The number of aromatic nitrogens is 2. The number of nitrogens with zero attached hydrogens (tertiary/aromatic N) is 1. The van der Waals surface area contributed by atoms with Gasteiger partial charge >= 0.3 is 0 Å². The van der Waals surface area contributed by atoms with Crippen molar-refractivity contribution in [3.05, 3.63) is 17.0 Å². The predicted octanol–water partition coefficient (Wildman–Crippen LogP) is 1.67. The van der Waals surface area contributed by atoms with E-state index in [4.69, 9.17) is 0 Å². The molecule has 1 heterocycles. The molecule has 0 saturated carbocycles. The molecule has 3 N–H and O–H groups in total. The van der Waals surface area contributed by atoms with Crippen LogP contribution in [0.5, 0.6) is 0 Å². The summed E-state index contributed by atoms with van der Waals surface area (Å²) in [5, 5.41) is 20.1. The maximum Gasteiger partial charge on any atom is 0.0638 e. The van der Waals surface area contributed by atoms with Gasteiger partial charge in [0, 0.05) is 23.3 Å². The molecule has 16 heavy (non-hydrogen) atoms. The van der Waals surface area contributed by atoms with Crippen LogP contribution in [-0.2, 0) is 6.54 Å². The molecule has 0 aromatic carbocycles. The van der Waals surface area contributed by atoms with Crippen LogP contribution in [0.15, 0.2) is 0 Å². The van der Waals surface area contributed by atoms with E-state index in [-0.39, 0.29) is 12.1 Å². The zero-order valence-corrected chi connectivity index (χ0v) is 10.7. The van der Waals surface area contributed by atoms with Gasteiger partial charge in [-0.1, -0.05) is 13.8 Å². The molecular formula is C12H23N3O. The molecule has 1 aromatic rings. The van der Waals surface area contributed by atoms with E-state index in [0.717, 1.165) is 30.8 Å². The number of hydrogen-bond acceptors (Lipinski definition) is 3. The highest BCUT2D eigenvalue weighted by Gasteiger charge is 2.24. The Morgan fingerprint density at radius 2 is 1.94 bits per heavy atom. The van der Waals surface area contributed by atoms with Crippen LogP contribution in [0.4, 0.5) is 0 Å². The Morgan fingerprint density at radius 3 is 2.31 bits per heavy atom. The minimum Gasteiger partial charge on any atom is -0.394 e. The van der Waals surface area contributed by atoms with E-state index in [0.29, 0.717) is 0 Å². The van der Waals surface area contributed by atoms with Gasteiger partial charge in [-0.3, -0.25) is 5.10 Å². The van der Waals surface area contributed by atoms with E-state index >= 15 is 0 Å². The quantitative estimate of drug-likeness (QED) is 0.690. The summed E-state index contributed by atoms with van der Waals surface area (Å²) in [6.07, 6.45) is 1.85. The van der Waals surface area contributed by atoms with Crippen molar-refractivity contribution in [1.82, 2.24) is 15.5 Å². The fraction of sp³-hybridized carbons (Fsp3) is 0.750. The van der Waals surface area contributed by atoms with Crippen molar-refractivity contribution < 1.29 is 5.11 Å². The molecule has 0 spiro atoms. The van der Waals surface area contributed by atoms with Crippen molar-refractivity contribution in [2.24, 2.45) is 0 Å². The molecule has 92 valence electrons. The van der Waals surface area contributed by atoms with Crippen molar-refractivity contribution in [3.63, 3.8) is 0 Å². The van der Waals surface area contributed by atoms with Crippen LogP contribution in [-0.4, -0.2) is 27.4 Å². The maximum absolute atomic E-state index is 9.46. The van der Waals surface area contributed by atoms with Crippen molar-refractivity contribution in [3.8, 4) is 0 Å². The number of rotatable bonds is 6. The second-order valence-corrected chi connectivity index (χ2v) is 4.41. The Bertz CT molecular complexity index is 301. The first kappa shape index (κ1) is 13.2. The first-order chi connectivity index (χ1) is 7.58. The zero-order chi connectivity index (χ0) is 12.2. The molecule has 0 amide bonds. The van der Waals surface area contributed by atoms with Crippen molar-refractivity contribution in [1.29, 1.82) is 0 Å². The van der Waals surface area contributed by atoms with E-state index in [1.807, 2.05) is 13.8 Å². The predicted molar refractivity (Wildman–Crippen MR) is 65.3 cm³/mol. The fourth-order valence-electron chi connectivity index (χ4n) is 1.89. The minimum atomic E-state index is -0.157. The summed E-state index contributed by atoms with van der Waals surface area (Å²) in [5.41, 5.74) is 3.18. The molecule has 0 aliphatic carbocycles. The summed E-state index contributed by atoms with van der Waals surface area (Å²) in [6.45, 7) is 9.16. The Kier molecular flexibility index (Phi) is 4.50. The SMILES string of the molecule is CCC(CC)(CO)NCc1c(C)n[nH]c1C. The second kappa shape index (κ2) is 5.46. The maximum atomic E-state index is 9.46. The average molecular weight is 225 g/mol. The number of hydrogen-bond donors (Lipinski definition) is 3. The summed E-state index contributed by atoms with van der Waals surface area (Å²) in [6, 6.07) is 0. The third kappa shape index (κ3) is 2.62. The average Bonchev–Trinajstić information content (AvgIpc) is 2.62. The Balaban J connectivity index is 2.69. The standard InChI is InChI=1S/C12H23N3O/c1-5-12(6-2,8-16)13-7-11-9(3)14-15-10(11)4/h13,16H,5-8H2,1-4H3,(H,14,15). The molecule has 1 rings (SSSR count). The zero-order valence-electron chi connectivity index (χ0n) is 10.7.